The third kappa shape index (κ3) is 3.48. The molecule has 2 aliphatic carbocycles. The second-order valence-electron chi connectivity index (χ2n) is 7.17. The van der Waals surface area contributed by atoms with E-state index in [2.05, 4.69) is 4.98 Å². The van der Waals surface area contributed by atoms with Gasteiger partial charge in [0, 0.05) is 24.7 Å². The quantitative estimate of drug-likeness (QED) is 0.634. The molecule has 6 nitrogen and oxygen atoms in total. The predicted molar refractivity (Wildman–Crippen MR) is 92.7 cm³/mol. The van der Waals surface area contributed by atoms with E-state index in [9.17, 15) is 14.4 Å². The normalized spacial score (nSPS) is 17.6. The van der Waals surface area contributed by atoms with Crippen molar-refractivity contribution in [3.63, 3.8) is 0 Å². The van der Waals surface area contributed by atoms with Crippen LogP contribution >= 0.6 is 0 Å². The first-order valence-corrected chi connectivity index (χ1v) is 9.05. The first-order chi connectivity index (χ1) is 11.9. The maximum atomic E-state index is 13.0. The number of nitrogens with zero attached hydrogens (tertiary/aromatic N) is 1. The van der Waals surface area contributed by atoms with Gasteiger partial charge in [-0.1, -0.05) is 12.8 Å². The lowest BCUT2D eigenvalue weighted by Gasteiger charge is -2.29. The maximum absolute atomic E-state index is 13.0. The second kappa shape index (κ2) is 7.02. The van der Waals surface area contributed by atoms with Gasteiger partial charge in [0.05, 0.1) is 24.8 Å². The molecule has 0 bridgehead atoms. The third-order valence-corrected chi connectivity index (χ3v) is 5.34. The fraction of sp³-hybridized carbons (Fsp3) is 0.632. The minimum Gasteiger partial charge on any atom is -0.465 e. The van der Waals surface area contributed by atoms with Gasteiger partial charge in [0.25, 0.3) is 0 Å². The highest BCUT2D eigenvalue weighted by molar-refractivity contribution is 6.01. The molecule has 0 radical (unpaired) electrons. The number of ether oxygens (including phenoxy) is 1. The number of Topliss-reactive ketones (excluding diaryl/α,β-unsaturated/α-hetero) is 1. The van der Waals surface area contributed by atoms with Gasteiger partial charge in [-0.25, -0.2) is 4.79 Å². The summed E-state index contributed by atoms with van der Waals surface area (Å²) in [7, 11) is 1.31. The predicted octanol–water partition coefficient (Wildman–Crippen LogP) is 2.79. The van der Waals surface area contributed by atoms with Crippen molar-refractivity contribution in [3.8, 4) is 0 Å². The minimum atomic E-state index is -0.511. The van der Waals surface area contributed by atoms with Gasteiger partial charge in [-0.2, -0.15) is 0 Å². The van der Waals surface area contributed by atoms with Crippen LogP contribution in [0.3, 0.4) is 0 Å². The average Bonchev–Trinajstić information content (AvgIpc) is 3.13. The van der Waals surface area contributed by atoms with E-state index in [-0.39, 0.29) is 18.1 Å². The molecular formula is C19H26N2O4. The smallest absolute Gasteiger partial charge is 0.339 e. The number of ketones is 1. The van der Waals surface area contributed by atoms with E-state index in [4.69, 9.17) is 4.74 Å². The van der Waals surface area contributed by atoms with Crippen molar-refractivity contribution < 1.29 is 19.1 Å². The molecule has 25 heavy (non-hydrogen) atoms. The molecule has 2 fully saturated rings. The molecule has 136 valence electrons. The summed E-state index contributed by atoms with van der Waals surface area (Å²) in [5.74, 6) is -0.630. The molecule has 1 N–H and O–H groups in total. The lowest BCUT2D eigenvalue weighted by atomic mass is 10.1. The number of nitrogens with one attached hydrogen (secondary N) is 1. The number of carbonyl (C=O) groups is 3. The van der Waals surface area contributed by atoms with Crippen LogP contribution in [0.2, 0.25) is 0 Å². The Morgan fingerprint density at radius 1 is 1.12 bits per heavy atom. The van der Waals surface area contributed by atoms with Crippen molar-refractivity contribution in [1.29, 1.82) is 0 Å². The summed E-state index contributed by atoms with van der Waals surface area (Å²) in [4.78, 5) is 42.0. The lowest BCUT2D eigenvalue weighted by Crippen LogP contribution is -2.41. The largest absolute Gasteiger partial charge is 0.465 e. The molecule has 0 atom stereocenters. The molecule has 1 aromatic heterocycles. The molecule has 2 aliphatic rings. The van der Waals surface area contributed by atoms with Crippen molar-refractivity contribution in [1.82, 2.24) is 9.88 Å². The Bertz CT molecular complexity index is 697. The highest BCUT2D eigenvalue weighted by atomic mass is 16.5. The van der Waals surface area contributed by atoms with Gasteiger partial charge < -0.3 is 14.6 Å². The van der Waals surface area contributed by atoms with Gasteiger partial charge in [-0.15, -0.1) is 0 Å². The molecule has 1 heterocycles. The Morgan fingerprint density at radius 2 is 1.72 bits per heavy atom. The van der Waals surface area contributed by atoms with Crippen LogP contribution in [-0.2, 0) is 16.0 Å². The van der Waals surface area contributed by atoms with E-state index in [1.54, 1.807) is 6.92 Å². The van der Waals surface area contributed by atoms with Crippen molar-refractivity contribution in [2.45, 2.75) is 70.9 Å². The van der Waals surface area contributed by atoms with Crippen LogP contribution < -0.4 is 0 Å². The van der Waals surface area contributed by atoms with E-state index < -0.39 is 5.97 Å². The van der Waals surface area contributed by atoms with Crippen LogP contribution in [0.15, 0.2) is 0 Å². The van der Waals surface area contributed by atoms with Gasteiger partial charge in [0.15, 0.2) is 5.78 Å². The number of amides is 1. The standard InChI is InChI=1S/C19H26N2O4/c1-11-17(19(24)25-3)15(20-18(11)12(2)22)10-16(23)21(14-8-9-14)13-6-4-5-7-13/h13-14,20H,4-10H2,1-3H3. The Hall–Kier alpha value is -2.11. The molecule has 1 aromatic rings. The number of aromatic amines is 1. The molecule has 6 heteroatoms. The van der Waals surface area contributed by atoms with Crippen LogP contribution in [-0.4, -0.2) is 46.7 Å². The fourth-order valence-corrected chi connectivity index (χ4v) is 4.00. The summed E-state index contributed by atoms with van der Waals surface area (Å²) < 4.78 is 4.86. The molecule has 0 aliphatic heterocycles. The zero-order valence-corrected chi connectivity index (χ0v) is 15.2. The van der Waals surface area contributed by atoms with Crippen LogP contribution in [0.5, 0.6) is 0 Å². The maximum Gasteiger partial charge on any atom is 0.339 e. The van der Waals surface area contributed by atoms with E-state index in [1.807, 2.05) is 4.90 Å². The SMILES string of the molecule is COC(=O)c1c(CC(=O)N(C2CCCC2)C2CC2)[nH]c(C(C)=O)c1C. The van der Waals surface area contributed by atoms with E-state index >= 15 is 0 Å². The summed E-state index contributed by atoms with van der Waals surface area (Å²) in [6, 6.07) is 0.672. The third-order valence-electron chi connectivity index (χ3n) is 5.34. The number of aromatic nitrogens is 1. The second-order valence-corrected chi connectivity index (χ2v) is 7.17. The Labute approximate surface area is 147 Å². The molecule has 3 rings (SSSR count). The number of hydrogen-bond donors (Lipinski definition) is 1. The number of H-pyrrole nitrogens is 1. The van der Waals surface area contributed by atoms with Crippen molar-refractivity contribution >= 4 is 17.7 Å². The highest BCUT2D eigenvalue weighted by Gasteiger charge is 2.38. The zero-order valence-electron chi connectivity index (χ0n) is 15.2. The Balaban J connectivity index is 1.87. The topological polar surface area (TPSA) is 79.5 Å². The molecule has 2 saturated carbocycles. The lowest BCUT2D eigenvalue weighted by molar-refractivity contribution is -0.133. The van der Waals surface area contributed by atoms with Gasteiger partial charge in [0.2, 0.25) is 5.91 Å². The van der Waals surface area contributed by atoms with Crippen LogP contribution in [0.4, 0.5) is 0 Å². The molecular weight excluding hydrogens is 320 g/mol. The van der Waals surface area contributed by atoms with Crippen LogP contribution in [0.1, 0.15) is 77.6 Å². The van der Waals surface area contributed by atoms with Crippen LogP contribution in [0, 0.1) is 6.92 Å². The molecule has 0 spiro atoms. The summed E-state index contributed by atoms with van der Waals surface area (Å²) in [5, 5.41) is 0. The summed E-state index contributed by atoms with van der Waals surface area (Å²) in [6.07, 6.45) is 6.70. The van der Waals surface area contributed by atoms with E-state index in [0.29, 0.717) is 34.6 Å². The highest BCUT2D eigenvalue weighted by Crippen LogP contribution is 2.35. The number of hydrogen-bond acceptors (Lipinski definition) is 4. The first kappa shape index (κ1) is 17.7. The number of rotatable bonds is 6. The monoisotopic (exact) mass is 346 g/mol. The molecule has 0 unspecified atom stereocenters. The van der Waals surface area contributed by atoms with Gasteiger partial charge in [-0.05, 0) is 38.2 Å². The summed E-state index contributed by atoms with van der Waals surface area (Å²) >= 11 is 0. The van der Waals surface area contributed by atoms with E-state index in [1.165, 1.54) is 26.9 Å². The van der Waals surface area contributed by atoms with Crippen molar-refractivity contribution in [2.24, 2.45) is 0 Å². The fourth-order valence-electron chi connectivity index (χ4n) is 4.00. The first-order valence-electron chi connectivity index (χ1n) is 9.05. The van der Waals surface area contributed by atoms with Crippen molar-refractivity contribution in [3.05, 3.63) is 22.5 Å². The minimum absolute atomic E-state index is 0.0379. The van der Waals surface area contributed by atoms with Crippen molar-refractivity contribution in [2.75, 3.05) is 7.11 Å². The molecule has 0 aromatic carbocycles. The van der Waals surface area contributed by atoms with E-state index in [0.717, 1.165) is 25.7 Å². The molecule has 0 saturated heterocycles. The summed E-state index contributed by atoms with van der Waals surface area (Å²) in [6.45, 7) is 3.16. The average molecular weight is 346 g/mol. The van der Waals surface area contributed by atoms with Crippen LogP contribution in [0.25, 0.3) is 0 Å². The Kier molecular flexibility index (Phi) is 4.97. The number of methoxy groups -OCH3 is 1. The zero-order chi connectivity index (χ0) is 18.1. The number of esters is 1. The Morgan fingerprint density at radius 3 is 2.24 bits per heavy atom. The molecule has 1 amide bonds. The van der Waals surface area contributed by atoms with Gasteiger partial charge in [-0.3, -0.25) is 9.59 Å². The van der Waals surface area contributed by atoms with Gasteiger partial charge >= 0.3 is 5.97 Å². The number of carbonyl (C=O) groups excluding carboxylic acids is 3. The summed E-state index contributed by atoms with van der Waals surface area (Å²) in [5.41, 5.74) is 1.74. The van der Waals surface area contributed by atoms with Gasteiger partial charge in [0.1, 0.15) is 0 Å².